The van der Waals surface area contributed by atoms with Gasteiger partial charge in [-0.25, -0.2) is 0 Å². The molecule has 0 saturated carbocycles. The lowest BCUT2D eigenvalue weighted by atomic mass is 10.1. The van der Waals surface area contributed by atoms with Crippen LogP contribution in [0.2, 0.25) is 0 Å². The van der Waals surface area contributed by atoms with Gasteiger partial charge in [-0.15, -0.1) is 0 Å². The third-order valence-corrected chi connectivity index (χ3v) is 9.81. The molecule has 0 amide bonds. The monoisotopic (exact) mass is 869 g/mol. The molecule has 0 spiro atoms. The molecule has 1 atom stereocenters. The molecular weight excluding hydrogens is 781 g/mol. The Bertz CT molecular complexity index is 1420. The molecule has 63 heavy (non-hydrogen) atoms. The van der Waals surface area contributed by atoms with Crippen molar-refractivity contribution in [1.29, 1.82) is 0 Å². The largest absolute Gasteiger partial charge is 0.462 e. The molecule has 352 valence electrons. The van der Waals surface area contributed by atoms with Crippen LogP contribution < -0.4 is 0 Å². The van der Waals surface area contributed by atoms with Crippen molar-refractivity contribution in [3.8, 4) is 0 Å². The molecule has 0 aromatic rings. The van der Waals surface area contributed by atoms with Crippen LogP contribution in [0.15, 0.2) is 134 Å². The van der Waals surface area contributed by atoms with Gasteiger partial charge in [0.05, 0.1) is 6.42 Å². The maximum atomic E-state index is 12.8. The molecule has 0 aliphatic rings. The van der Waals surface area contributed by atoms with Crippen LogP contribution in [-0.2, 0) is 28.6 Å². The van der Waals surface area contributed by atoms with E-state index in [4.69, 9.17) is 14.2 Å². The number of allylic oxidation sites excluding steroid dienone is 21. The van der Waals surface area contributed by atoms with Gasteiger partial charge < -0.3 is 14.2 Å². The molecule has 0 aromatic carbocycles. The highest BCUT2D eigenvalue weighted by Crippen LogP contribution is 2.12. The second-order valence-electron chi connectivity index (χ2n) is 15.8. The number of hydrogen-bond donors (Lipinski definition) is 0. The van der Waals surface area contributed by atoms with Gasteiger partial charge in [0.2, 0.25) is 0 Å². The second kappa shape index (κ2) is 50.2. The van der Waals surface area contributed by atoms with Crippen LogP contribution in [0.5, 0.6) is 0 Å². The molecular formula is C57H88O6. The molecule has 0 radical (unpaired) electrons. The summed E-state index contributed by atoms with van der Waals surface area (Å²) in [6.07, 6.45) is 70.3. The molecule has 0 aliphatic carbocycles. The van der Waals surface area contributed by atoms with E-state index in [1.165, 1.54) is 38.5 Å². The maximum absolute atomic E-state index is 12.8. The number of unbranched alkanes of at least 4 members (excludes halogenated alkanes) is 16. The van der Waals surface area contributed by atoms with Crippen LogP contribution in [0.4, 0.5) is 0 Å². The summed E-state index contributed by atoms with van der Waals surface area (Å²) in [6, 6.07) is 0. The summed E-state index contributed by atoms with van der Waals surface area (Å²) in [4.78, 5) is 37.8. The van der Waals surface area contributed by atoms with Crippen molar-refractivity contribution < 1.29 is 28.6 Å². The van der Waals surface area contributed by atoms with Gasteiger partial charge in [0.1, 0.15) is 13.2 Å². The fraction of sp³-hybridized carbons (Fsp3) is 0.561. The Labute approximate surface area is 385 Å². The van der Waals surface area contributed by atoms with E-state index in [1.807, 2.05) is 42.5 Å². The summed E-state index contributed by atoms with van der Waals surface area (Å²) in [5.41, 5.74) is 0. The van der Waals surface area contributed by atoms with Gasteiger partial charge in [-0.1, -0.05) is 225 Å². The van der Waals surface area contributed by atoms with Crippen LogP contribution in [0.3, 0.4) is 0 Å². The summed E-state index contributed by atoms with van der Waals surface area (Å²) in [6.45, 7) is 6.25. The zero-order chi connectivity index (χ0) is 45.8. The van der Waals surface area contributed by atoms with Gasteiger partial charge >= 0.3 is 17.9 Å². The van der Waals surface area contributed by atoms with Crippen LogP contribution in [0.25, 0.3) is 0 Å². The SMILES string of the molecule is CC/C=C\C/C=C\C/C=C\CC(=O)OCC(COC(=O)CCCCCCC\C=C/C=C\C=C/C=C\C=C/CCC)OC(=O)CCCCCCC\C=C/C=C\C=C/CCCCCCC. The molecule has 0 aromatic heterocycles. The second-order valence-corrected chi connectivity index (χ2v) is 15.8. The Balaban J connectivity index is 4.52. The van der Waals surface area contributed by atoms with Crippen molar-refractivity contribution in [3.63, 3.8) is 0 Å². The van der Waals surface area contributed by atoms with Gasteiger partial charge in [-0.3, -0.25) is 14.4 Å². The van der Waals surface area contributed by atoms with Crippen LogP contribution in [0.1, 0.15) is 188 Å². The molecule has 0 saturated heterocycles. The molecule has 6 heteroatoms. The zero-order valence-electron chi connectivity index (χ0n) is 40.0. The summed E-state index contributed by atoms with van der Waals surface area (Å²) in [5.74, 6) is -1.12. The van der Waals surface area contributed by atoms with Crippen molar-refractivity contribution in [2.45, 2.75) is 194 Å². The Morgan fingerprint density at radius 2 is 0.762 bits per heavy atom. The normalized spacial score (nSPS) is 13.3. The van der Waals surface area contributed by atoms with Gasteiger partial charge in [-0.05, 0) is 77.0 Å². The predicted molar refractivity (Wildman–Crippen MR) is 269 cm³/mol. The van der Waals surface area contributed by atoms with E-state index in [0.717, 1.165) is 109 Å². The lowest BCUT2D eigenvalue weighted by Gasteiger charge is -2.18. The fourth-order valence-electron chi connectivity index (χ4n) is 6.12. The fourth-order valence-corrected chi connectivity index (χ4v) is 6.12. The number of rotatable bonds is 42. The highest BCUT2D eigenvalue weighted by Gasteiger charge is 2.19. The Hall–Kier alpha value is -4.45. The first-order valence-corrected chi connectivity index (χ1v) is 24.8. The Kier molecular flexibility index (Phi) is 46.7. The minimum absolute atomic E-state index is 0.119. The number of ether oxygens (including phenoxy) is 3. The Morgan fingerprint density at radius 1 is 0.365 bits per heavy atom. The van der Waals surface area contributed by atoms with E-state index in [0.29, 0.717) is 6.42 Å². The van der Waals surface area contributed by atoms with Crippen molar-refractivity contribution in [2.24, 2.45) is 0 Å². The molecule has 0 N–H and O–H groups in total. The van der Waals surface area contributed by atoms with Gasteiger partial charge in [0, 0.05) is 12.8 Å². The Morgan fingerprint density at radius 3 is 1.25 bits per heavy atom. The third kappa shape index (κ3) is 48.4. The highest BCUT2D eigenvalue weighted by atomic mass is 16.6. The van der Waals surface area contributed by atoms with Crippen molar-refractivity contribution in [2.75, 3.05) is 13.2 Å². The van der Waals surface area contributed by atoms with Crippen molar-refractivity contribution in [1.82, 2.24) is 0 Å². The molecule has 0 aliphatic heterocycles. The maximum Gasteiger partial charge on any atom is 0.309 e. The standard InChI is InChI=1S/C57H88O6/c1-4-7-10-13-16-19-21-23-25-27-29-31-33-35-38-41-44-47-50-56(59)62-53-54(52-61-55(58)49-46-43-40-37-18-15-12-9-6-3)63-57(60)51-48-45-42-39-36-34-32-30-28-26-24-22-20-17-14-11-8-5-2/h9-10,12-13,16,18-19,21-32,37,43,46,54H,4-8,11,14-15,17,20,33-36,38-42,44-45,47-53H2,1-3H3/b12-9-,13-10-,19-16-,23-21-,24-22-,27-25-,28-26-,31-29-,32-30-,37-18-,46-43-. The van der Waals surface area contributed by atoms with Gasteiger partial charge in [0.15, 0.2) is 6.10 Å². The quantitative estimate of drug-likeness (QED) is 0.0200. The third-order valence-electron chi connectivity index (χ3n) is 9.81. The first-order chi connectivity index (χ1) is 31.0. The number of esters is 3. The minimum atomic E-state index is -0.839. The first-order valence-electron chi connectivity index (χ1n) is 24.8. The molecule has 0 bridgehead atoms. The topological polar surface area (TPSA) is 78.9 Å². The molecule has 1 unspecified atom stereocenters. The van der Waals surface area contributed by atoms with E-state index in [2.05, 4.69) is 106 Å². The molecule has 0 rings (SSSR count). The summed E-state index contributed by atoms with van der Waals surface area (Å²) < 4.78 is 16.6. The van der Waals surface area contributed by atoms with E-state index in [1.54, 1.807) is 6.08 Å². The van der Waals surface area contributed by atoms with Gasteiger partial charge in [-0.2, -0.15) is 0 Å². The van der Waals surface area contributed by atoms with E-state index < -0.39 is 12.1 Å². The lowest BCUT2D eigenvalue weighted by Crippen LogP contribution is -2.30. The average Bonchev–Trinajstić information content (AvgIpc) is 3.28. The highest BCUT2D eigenvalue weighted by molar-refractivity contribution is 5.72. The van der Waals surface area contributed by atoms with Gasteiger partial charge in [0.25, 0.3) is 0 Å². The first kappa shape index (κ1) is 58.6. The predicted octanol–water partition coefficient (Wildman–Crippen LogP) is 16.3. The average molecular weight is 869 g/mol. The smallest absolute Gasteiger partial charge is 0.309 e. The van der Waals surface area contributed by atoms with E-state index in [-0.39, 0.29) is 38.0 Å². The summed E-state index contributed by atoms with van der Waals surface area (Å²) >= 11 is 0. The summed E-state index contributed by atoms with van der Waals surface area (Å²) in [5, 5.41) is 0. The minimum Gasteiger partial charge on any atom is -0.462 e. The van der Waals surface area contributed by atoms with E-state index in [9.17, 15) is 14.4 Å². The number of carbonyl (C=O) groups is 3. The van der Waals surface area contributed by atoms with Crippen LogP contribution >= 0.6 is 0 Å². The van der Waals surface area contributed by atoms with E-state index >= 15 is 0 Å². The summed E-state index contributed by atoms with van der Waals surface area (Å²) in [7, 11) is 0. The molecule has 0 heterocycles. The van der Waals surface area contributed by atoms with Crippen LogP contribution in [-0.4, -0.2) is 37.2 Å². The van der Waals surface area contributed by atoms with Crippen molar-refractivity contribution >= 4 is 17.9 Å². The number of hydrogen-bond acceptors (Lipinski definition) is 6. The molecule has 0 fully saturated rings. The lowest BCUT2D eigenvalue weighted by molar-refractivity contribution is -0.166. The molecule has 6 nitrogen and oxygen atoms in total. The number of carbonyl (C=O) groups excluding carboxylic acids is 3. The van der Waals surface area contributed by atoms with Crippen molar-refractivity contribution in [3.05, 3.63) is 134 Å². The zero-order valence-corrected chi connectivity index (χ0v) is 40.0. The van der Waals surface area contributed by atoms with Crippen LogP contribution in [0, 0.1) is 0 Å².